The molecule has 0 aliphatic carbocycles. The van der Waals surface area contributed by atoms with Crippen molar-refractivity contribution in [3.05, 3.63) is 71.6 Å². The molecule has 11 nitrogen and oxygen atoms in total. The monoisotopic (exact) mass is 467 g/mol. The standard InChI is InChI=1S/C24H21N9O2/c1-2-19(35)32-7-3-4-17(14-32)33-22-15(10-25)11-27-23(26)20(22)21(30-33)16-12-28-24(29-13-16)31-8-5-18(34)6-9-31/h2,5-6,8-9,11-13,17H,1,3-4,7,14H2,(H2,26,27)/t17-/m1/s1. The summed E-state index contributed by atoms with van der Waals surface area (Å²) >= 11 is 0. The fraction of sp³-hybridized carbons (Fsp3) is 0.208. The molecule has 0 spiro atoms. The van der Waals surface area contributed by atoms with E-state index in [0.717, 1.165) is 12.8 Å². The summed E-state index contributed by atoms with van der Waals surface area (Å²) in [5.74, 6) is 0.478. The maximum atomic E-state index is 12.2. The van der Waals surface area contributed by atoms with Crippen molar-refractivity contribution in [2.75, 3.05) is 18.8 Å². The highest BCUT2D eigenvalue weighted by Crippen LogP contribution is 2.36. The van der Waals surface area contributed by atoms with Gasteiger partial charge in [-0.05, 0) is 18.9 Å². The van der Waals surface area contributed by atoms with Crippen LogP contribution in [0.1, 0.15) is 24.4 Å². The highest BCUT2D eigenvalue weighted by Gasteiger charge is 2.29. The number of nitrogens with two attached hydrogens (primary N) is 1. The van der Waals surface area contributed by atoms with Crippen molar-refractivity contribution in [2.24, 2.45) is 0 Å². The third-order valence-corrected chi connectivity index (χ3v) is 6.04. The molecule has 0 aromatic carbocycles. The lowest BCUT2D eigenvalue weighted by molar-refractivity contribution is -0.127. The summed E-state index contributed by atoms with van der Waals surface area (Å²) in [6.07, 6.45) is 10.7. The van der Waals surface area contributed by atoms with Gasteiger partial charge < -0.3 is 10.6 Å². The van der Waals surface area contributed by atoms with Crippen LogP contribution in [-0.2, 0) is 4.79 Å². The first-order chi connectivity index (χ1) is 17.0. The summed E-state index contributed by atoms with van der Waals surface area (Å²) in [6, 6.07) is 4.88. The molecule has 1 amide bonds. The molecular weight excluding hydrogens is 446 g/mol. The lowest BCUT2D eigenvalue weighted by atomic mass is 10.0. The largest absolute Gasteiger partial charge is 0.383 e. The number of hydrogen-bond acceptors (Lipinski definition) is 8. The summed E-state index contributed by atoms with van der Waals surface area (Å²) in [6.45, 7) is 4.67. The van der Waals surface area contributed by atoms with Crippen molar-refractivity contribution in [1.29, 1.82) is 5.26 Å². The van der Waals surface area contributed by atoms with E-state index in [4.69, 9.17) is 10.8 Å². The molecule has 1 aliphatic heterocycles. The number of carbonyl (C=O) groups is 1. The Bertz CT molecular complexity index is 1530. The maximum Gasteiger partial charge on any atom is 0.246 e. The van der Waals surface area contributed by atoms with Crippen LogP contribution in [0.4, 0.5) is 5.82 Å². The Kier molecular flexibility index (Phi) is 5.54. The number of likely N-dealkylation sites (tertiary alicyclic amines) is 1. The van der Waals surface area contributed by atoms with E-state index in [9.17, 15) is 14.9 Å². The summed E-state index contributed by atoms with van der Waals surface area (Å²) in [4.78, 5) is 38.4. The van der Waals surface area contributed by atoms with E-state index >= 15 is 0 Å². The fourth-order valence-electron chi connectivity index (χ4n) is 4.35. The fourth-order valence-corrected chi connectivity index (χ4v) is 4.35. The number of piperidine rings is 1. The number of aromatic nitrogens is 6. The molecule has 0 radical (unpaired) electrons. The first kappa shape index (κ1) is 22.0. The van der Waals surface area contributed by atoms with Crippen molar-refractivity contribution in [2.45, 2.75) is 18.9 Å². The number of hydrogen-bond donors (Lipinski definition) is 1. The normalized spacial score (nSPS) is 15.6. The Morgan fingerprint density at radius 3 is 2.63 bits per heavy atom. The van der Waals surface area contributed by atoms with E-state index < -0.39 is 0 Å². The van der Waals surface area contributed by atoms with Crippen molar-refractivity contribution in [3.8, 4) is 23.3 Å². The van der Waals surface area contributed by atoms with Crippen molar-refractivity contribution < 1.29 is 4.79 Å². The van der Waals surface area contributed by atoms with E-state index in [1.165, 1.54) is 24.4 Å². The van der Waals surface area contributed by atoms with Crippen LogP contribution in [0.2, 0.25) is 0 Å². The number of rotatable bonds is 4. The summed E-state index contributed by atoms with van der Waals surface area (Å²) in [7, 11) is 0. The zero-order chi connectivity index (χ0) is 24.5. The van der Waals surface area contributed by atoms with Gasteiger partial charge >= 0.3 is 0 Å². The molecule has 4 aromatic heterocycles. The number of nitrogens with zero attached hydrogens (tertiary/aromatic N) is 8. The van der Waals surface area contributed by atoms with Crippen LogP contribution in [0.25, 0.3) is 28.1 Å². The minimum Gasteiger partial charge on any atom is -0.383 e. The van der Waals surface area contributed by atoms with Gasteiger partial charge in [0.1, 0.15) is 17.6 Å². The molecule has 11 heteroatoms. The highest BCUT2D eigenvalue weighted by atomic mass is 16.2. The molecule has 1 atom stereocenters. The lowest BCUT2D eigenvalue weighted by Crippen LogP contribution is -2.40. The third kappa shape index (κ3) is 3.91. The second-order valence-electron chi connectivity index (χ2n) is 8.18. The van der Waals surface area contributed by atoms with E-state index in [2.05, 4.69) is 27.6 Å². The second kappa shape index (κ2) is 8.83. The number of fused-ring (bicyclic) bond motifs is 1. The predicted octanol–water partition coefficient (Wildman–Crippen LogP) is 1.84. The molecule has 5 heterocycles. The van der Waals surface area contributed by atoms with E-state index in [-0.39, 0.29) is 23.2 Å². The molecule has 0 saturated carbocycles. The smallest absolute Gasteiger partial charge is 0.246 e. The SMILES string of the molecule is C=CC(=O)N1CCC[C@@H](n2nc(-c3cnc(-n4ccc(=O)cc4)nc3)c3c(N)ncc(C#N)c32)C1. The molecule has 35 heavy (non-hydrogen) atoms. The van der Waals surface area contributed by atoms with Gasteiger partial charge in [0.15, 0.2) is 5.43 Å². The average Bonchev–Trinajstić information content (AvgIpc) is 3.31. The van der Waals surface area contributed by atoms with Gasteiger partial charge in [-0.1, -0.05) is 6.58 Å². The topological polar surface area (TPSA) is 149 Å². The van der Waals surface area contributed by atoms with Crippen molar-refractivity contribution in [1.82, 2.24) is 34.2 Å². The molecule has 0 bridgehead atoms. The van der Waals surface area contributed by atoms with Gasteiger partial charge in [0, 0.05) is 61.8 Å². The van der Waals surface area contributed by atoms with Crippen LogP contribution in [0, 0.1) is 11.3 Å². The minimum atomic E-state index is -0.154. The highest BCUT2D eigenvalue weighted by molar-refractivity contribution is 6.02. The molecular formula is C24H21N9O2. The quantitative estimate of drug-likeness (QED) is 0.447. The van der Waals surface area contributed by atoms with E-state index in [1.54, 1.807) is 38.9 Å². The van der Waals surface area contributed by atoms with E-state index in [0.29, 0.717) is 46.8 Å². The molecule has 5 rings (SSSR count). The molecule has 4 aromatic rings. The Morgan fingerprint density at radius 1 is 1.20 bits per heavy atom. The Balaban J connectivity index is 1.62. The van der Waals surface area contributed by atoms with Gasteiger partial charge in [0.05, 0.1) is 22.5 Å². The summed E-state index contributed by atoms with van der Waals surface area (Å²) < 4.78 is 3.40. The second-order valence-corrected chi connectivity index (χ2v) is 8.18. The number of amides is 1. The Labute approximate surface area is 199 Å². The van der Waals surface area contributed by atoms with Gasteiger partial charge in [0.2, 0.25) is 11.9 Å². The van der Waals surface area contributed by atoms with Crippen LogP contribution >= 0.6 is 0 Å². The number of nitriles is 1. The van der Waals surface area contributed by atoms with Gasteiger partial charge in [0.25, 0.3) is 0 Å². The molecule has 0 unspecified atom stereocenters. The van der Waals surface area contributed by atoms with Crippen LogP contribution in [-0.4, -0.2) is 53.2 Å². The van der Waals surface area contributed by atoms with Gasteiger partial charge in [-0.3, -0.25) is 18.8 Å². The van der Waals surface area contributed by atoms with Crippen LogP contribution < -0.4 is 11.2 Å². The zero-order valence-electron chi connectivity index (χ0n) is 18.7. The molecule has 1 aliphatic rings. The van der Waals surface area contributed by atoms with Crippen molar-refractivity contribution in [3.63, 3.8) is 0 Å². The first-order valence-electron chi connectivity index (χ1n) is 11.0. The number of nitrogen functional groups attached to an aromatic ring is 1. The first-order valence-corrected chi connectivity index (χ1v) is 11.0. The molecule has 174 valence electrons. The van der Waals surface area contributed by atoms with E-state index in [1.807, 2.05) is 0 Å². The maximum absolute atomic E-state index is 12.2. The minimum absolute atomic E-state index is 0.109. The predicted molar refractivity (Wildman–Crippen MR) is 128 cm³/mol. The third-order valence-electron chi connectivity index (χ3n) is 6.04. The van der Waals surface area contributed by atoms with Gasteiger partial charge in [-0.2, -0.15) is 10.4 Å². The number of carbonyl (C=O) groups excluding carboxylic acids is 1. The number of anilines is 1. The number of pyridine rings is 2. The van der Waals surface area contributed by atoms with Crippen LogP contribution in [0.5, 0.6) is 0 Å². The average molecular weight is 467 g/mol. The van der Waals surface area contributed by atoms with Crippen LogP contribution in [0.15, 0.2) is 60.6 Å². The molecule has 1 fully saturated rings. The summed E-state index contributed by atoms with van der Waals surface area (Å²) in [5.41, 5.74) is 8.16. The molecule has 2 N–H and O–H groups in total. The van der Waals surface area contributed by atoms with Crippen molar-refractivity contribution >= 4 is 22.6 Å². The van der Waals surface area contributed by atoms with Gasteiger partial charge in [-0.15, -0.1) is 0 Å². The summed E-state index contributed by atoms with van der Waals surface area (Å²) in [5, 5.41) is 15.2. The Morgan fingerprint density at radius 2 is 1.94 bits per heavy atom. The lowest BCUT2D eigenvalue weighted by Gasteiger charge is -2.32. The Hall–Kier alpha value is -4.85. The van der Waals surface area contributed by atoms with Crippen LogP contribution in [0.3, 0.4) is 0 Å². The van der Waals surface area contributed by atoms with Gasteiger partial charge in [-0.25, -0.2) is 15.0 Å². The molecule has 1 saturated heterocycles. The zero-order valence-corrected chi connectivity index (χ0v) is 18.7.